The summed E-state index contributed by atoms with van der Waals surface area (Å²) < 4.78 is 32.8. The first-order valence-corrected chi connectivity index (χ1v) is 10.3. The van der Waals surface area contributed by atoms with Crippen LogP contribution in [-0.4, -0.2) is 31.7 Å². The summed E-state index contributed by atoms with van der Waals surface area (Å²) in [6.45, 7) is 0. The second kappa shape index (κ2) is 7.22. The van der Waals surface area contributed by atoms with E-state index < -0.39 is 22.1 Å². The van der Waals surface area contributed by atoms with Gasteiger partial charge in [-0.15, -0.1) is 0 Å². The van der Waals surface area contributed by atoms with Crippen molar-refractivity contribution in [2.45, 2.75) is 17.0 Å². The van der Waals surface area contributed by atoms with Gasteiger partial charge >= 0.3 is 0 Å². The topological polar surface area (TPSA) is 63.5 Å². The van der Waals surface area contributed by atoms with E-state index in [9.17, 15) is 13.2 Å². The van der Waals surface area contributed by atoms with Crippen molar-refractivity contribution in [2.75, 3.05) is 7.11 Å². The Bertz CT molecular complexity index is 1080. The van der Waals surface area contributed by atoms with Crippen LogP contribution in [0.5, 0.6) is 5.75 Å². The van der Waals surface area contributed by atoms with Crippen molar-refractivity contribution in [3.8, 4) is 5.75 Å². The molecule has 1 aliphatic heterocycles. The highest BCUT2D eigenvalue weighted by Crippen LogP contribution is 2.49. The molecule has 0 N–H and O–H groups in total. The van der Waals surface area contributed by atoms with E-state index in [4.69, 9.17) is 4.74 Å². The number of sulfonamides is 1. The lowest BCUT2D eigenvalue weighted by atomic mass is 10.0. The Morgan fingerprint density at radius 3 is 2.00 bits per heavy atom. The molecule has 5 nitrogen and oxygen atoms in total. The van der Waals surface area contributed by atoms with Crippen molar-refractivity contribution in [3.05, 3.63) is 96.1 Å². The smallest absolute Gasteiger partial charge is 0.244 e. The van der Waals surface area contributed by atoms with Gasteiger partial charge in [-0.25, -0.2) is 8.42 Å². The molecule has 1 fully saturated rings. The van der Waals surface area contributed by atoms with Gasteiger partial charge in [0.2, 0.25) is 10.0 Å². The zero-order chi connectivity index (χ0) is 19.7. The molecule has 0 aromatic heterocycles. The molecule has 3 aromatic rings. The summed E-state index contributed by atoms with van der Waals surface area (Å²) in [4.78, 5) is 13.3. The third kappa shape index (κ3) is 3.21. The van der Waals surface area contributed by atoms with Gasteiger partial charge < -0.3 is 4.74 Å². The lowest BCUT2D eigenvalue weighted by Crippen LogP contribution is -2.19. The Hall–Kier alpha value is -2.96. The zero-order valence-corrected chi connectivity index (χ0v) is 16.0. The number of ketones is 1. The number of ether oxygens (including phenoxy) is 1. The predicted molar refractivity (Wildman–Crippen MR) is 106 cm³/mol. The molecule has 142 valence electrons. The van der Waals surface area contributed by atoms with Crippen LogP contribution in [0.1, 0.15) is 22.0 Å². The highest BCUT2D eigenvalue weighted by atomic mass is 32.2. The lowest BCUT2D eigenvalue weighted by molar-refractivity contribution is 0.0981. The molecule has 4 rings (SSSR count). The number of rotatable bonds is 6. The highest BCUT2D eigenvalue weighted by molar-refractivity contribution is 7.89. The van der Waals surface area contributed by atoms with Crippen molar-refractivity contribution >= 4 is 15.8 Å². The molecule has 0 radical (unpaired) electrons. The van der Waals surface area contributed by atoms with E-state index >= 15 is 0 Å². The van der Waals surface area contributed by atoms with E-state index in [0.717, 1.165) is 5.56 Å². The second-order valence-electron chi connectivity index (χ2n) is 6.54. The number of carbonyl (C=O) groups excluding carboxylic acids is 1. The molecule has 6 heteroatoms. The van der Waals surface area contributed by atoms with Gasteiger partial charge in [0.15, 0.2) is 5.78 Å². The molecule has 0 amide bonds. The largest absolute Gasteiger partial charge is 0.497 e. The van der Waals surface area contributed by atoms with Crippen LogP contribution in [0, 0.1) is 0 Å². The normalized spacial score (nSPS) is 21.1. The number of hydrogen-bond donors (Lipinski definition) is 0. The molecule has 1 heterocycles. The standard InChI is InChI=1S/C22H19NO4S/c1-27-18-14-12-17(13-15-18)22(24)21-20(16-8-4-2-5-9-16)23(21)28(25,26)19-10-6-3-7-11-19/h2-15,20-21H,1H3/t20-,21+,23?/m0/s1. The van der Waals surface area contributed by atoms with Crippen molar-refractivity contribution in [2.24, 2.45) is 0 Å². The van der Waals surface area contributed by atoms with Gasteiger partial charge in [0.1, 0.15) is 11.8 Å². The van der Waals surface area contributed by atoms with Gasteiger partial charge in [-0.3, -0.25) is 4.79 Å². The maximum atomic E-state index is 13.2. The van der Waals surface area contributed by atoms with E-state index in [0.29, 0.717) is 11.3 Å². The summed E-state index contributed by atoms with van der Waals surface area (Å²) in [5.74, 6) is 0.414. The summed E-state index contributed by atoms with van der Waals surface area (Å²) in [5.41, 5.74) is 1.26. The number of methoxy groups -OCH3 is 1. The van der Waals surface area contributed by atoms with Gasteiger partial charge in [0.05, 0.1) is 18.0 Å². The number of hydrogen-bond acceptors (Lipinski definition) is 4. The van der Waals surface area contributed by atoms with Crippen LogP contribution in [-0.2, 0) is 10.0 Å². The van der Waals surface area contributed by atoms with Crippen LogP contribution >= 0.6 is 0 Å². The van der Waals surface area contributed by atoms with Crippen LogP contribution in [0.2, 0.25) is 0 Å². The summed E-state index contributed by atoms with van der Waals surface area (Å²) in [6, 6.07) is 22.9. The van der Waals surface area contributed by atoms with Crippen molar-refractivity contribution in [1.82, 2.24) is 4.31 Å². The number of nitrogens with zero attached hydrogens (tertiary/aromatic N) is 1. The van der Waals surface area contributed by atoms with Gasteiger partial charge in [0.25, 0.3) is 0 Å². The van der Waals surface area contributed by atoms with Crippen molar-refractivity contribution in [1.29, 1.82) is 0 Å². The maximum absolute atomic E-state index is 13.2. The highest BCUT2D eigenvalue weighted by Gasteiger charge is 2.60. The lowest BCUT2D eigenvalue weighted by Gasteiger charge is -2.07. The number of carbonyl (C=O) groups is 1. The van der Waals surface area contributed by atoms with Crippen molar-refractivity contribution < 1.29 is 17.9 Å². The molecular formula is C22H19NO4S. The van der Waals surface area contributed by atoms with E-state index in [1.54, 1.807) is 61.7 Å². The molecule has 3 aromatic carbocycles. The van der Waals surface area contributed by atoms with Crippen molar-refractivity contribution in [3.63, 3.8) is 0 Å². The van der Waals surface area contributed by atoms with Crippen LogP contribution in [0.15, 0.2) is 89.8 Å². The fourth-order valence-corrected chi connectivity index (χ4v) is 5.13. The SMILES string of the molecule is COc1ccc(C(=O)[C@H]2[C@H](c3ccccc3)N2S(=O)(=O)c2ccccc2)cc1. The summed E-state index contributed by atoms with van der Waals surface area (Å²) in [7, 11) is -2.24. The molecule has 0 aliphatic carbocycles. The zero-order valence-electron chi connectivity index (χ0n) is 15.2. The first-order valence-electron chi connectivity index (χ1n) is 8.86. The molecule has 3 atom stereocenters. The van der Waals surface area contributed by atoms with Crippen LogP contribution in [0.25, 0.3) is 0 Å². The fraction of sp³-hybridized carbons (Fsp3) is 0.136. The molecule has 28 heavy (non-hydrogen) atoms. The summed E-state index contributed by atoms with van der Waals surface area (Å²) >= 11 is 0. The van der Waals surface area contributed by atoms with E-state index in [1.165, 1.54) is 4.31 Å². The van der Waals surface area contributed by atoms with Crippen LogP contribution in [0.4, 0.5) is 0 Å². The molecular weight excluding hydrogens is 374 g/mol. The minimum Gasteiger partial charge on any atom is -0.497 e. The first-order chi connectivity index (χ1) is 13.5. The third-order valence-corrected chi connectivity index (χ3v) is 6.74. The Labute approximate surface area is 164 Å². The Kier molecular flexibility index (Phi) is 4.75. The average molecular weight is 393 g/mol. The fourth-order valence-electron chi connectivity index (χ4n) is 3.39. The van der Waals surface area contributed by atoms with Crippen LogP contribution in [0.3, 0.4) is 0 Å². The van der Waals surface area contributed by atoms with E-state index in [2.05, 4.69) is 0 Å². The Morgan fingerprint density at radius 2 is 1.43 bits per heavy atom. The molecule has 0 spiro atoms. The molecule has 0 bridgehead atoms. The molecule has 0 saturated carbocycles. The van der Waals surface area contributed by atoms with Gasteiger partial charge in [-0.1, -0.05) is 48.5 Å². The molecule has 1 saturated heterocycles. The number of Topliss-reactive ketones (excluding diaryl/α,β-unsaturated/α-hetero) is 1. The van der Waals surface area contributed by atoms with Gasteiger partial charge in [0, 0.05) is 5.56 Å². The van der Waals surface area contributed by atoms with Crippen LogP contribution < -0.4 is 4.74 Å². The molecule has 1 aliphatic rings. The quantitative estimate of drug-likeness (QED) is 0.473. The first kappa shape index (κ1) is 18.4. The summed E-state index contributed by atoms with van der Waals surface area (Å²) in [6.07, 6.45) is 0. The minimum absolute atomic E-state index is 0.181. The number of benzene rings is 3. The Morgan fingerprint density at radius 1 is 0.857 bits per heavy atom. The van der Waals surface area contributed by atoms with E-state index in [1.807, 2.05) is 30.3 Å². The molecule has 1 unspecified atom stereocenters. The minimum atomic E-state index is -3.79. The van der Waals surface area contributed by atoms with Gasteiger partial charge in [-0.2, -0.15) is 4.31 Å². The maximum Gasteiger partial charge on any atom is 0.244 e. The van der Waals surface area contributed by atoms with Gasteiger partial charge in [-0.05, 0) is 42.0 Å². The average Bonchev–Trinajstić information content (AvgIpc) is 3.51. The monoisotopic (exact) mass is 393 g/mol. The second-order valence-corrected chi connectivity index (χ2v) is 8.38. The summed E-state index contributed by atoms with van der Waals surface area (Å²) in [5, 5.41) is 0. The van der Waals surface area contributed by atoms with E-state index in [-0.39, 0.29) is 10.7 Å². The third-order valence-electron chi connectivity index (χ3n) is 4.86. The predicted octanol–water partition coefficient (Wildman–Crippen LogP) is 3.69. The Balaban J connectivity index is 1.72.